The first-order valence-corrected chi connectivity index (χ1v) is 7.73. The third kappa shape index (κ3) is 3.97. The molecule has 0 spiro atoms. The molecular weight excluding hydrogens is 325 g/mol. The Morgan fingerprint density at radius 3 is 3.00 bits per heavy atom. The Kier molecular flexibility index (Phi) is 4.92. The first kappa shape index (κ1) is 15.3. The number of halogens is 2. The number of anilines is 3. The summed E-state index contributed by atoms with van der Waals surface area (Å²) in [6.45, 7) is 1.49. The molecule has 2 N–H and O–H groups in total. The quantitative estimate of drug-likeness (QED) is 0.868. The molecule has 1 fully saturated rings. The van der Waals surface area contributed by atoms with Crippen LogP contribution in [0.2, 0.25) is 10.0 Å². The van der Waals surface area contributed by atoms with Gasteiger partial charge in [0.2, 0.25) is 5.95 Å². The van der Waals surface area contributed by atoms with E-state index in [0.29, 0.717) is 34.0 Å². The van der Waals surface area contributed by atoms with Crippen LogP contribution < -0.4 is 10.6 Å². The Hall–Kier alpha value is -1.63. The summed E-state index contributed by atoms with van der Waals surface area (Å²) < 4.78 is 5.54. The van der Waals surface area contributed by atoms with E-state index in [1.165, 1.54) is 6.20 Å². The Morgan fingerprint density at radius 2 is 2.23 bits per heavy atom. The van der Waals surface area contributed by atoms with Crippen molar-refractivity contribution in [2.24, 2.45) is 0 Å². The van der Waals surface area contributed by atoms with Gasteiger partial charge in [0.1, 0.15) is 0 Å². The minimum absolute atomic E-state index is 0.214. The second-order valence-corrected chi connectivity index (χ2v) is 5.77. The van der Waals surface area contributed by atoms with E-state index in [1.807, 2.05) is 0 Å². The summed E-state index contributed by atoms with van der Waals surface area (Å²) in [5.74, 6) is 1.000. The fourth-order valence-corrected chi connectivity index (χ4v) is 2.63. The lowest BCUT2D eigenvalue weighted by Crippen LogP contribution is -2.20. The van der Waals surface area contributed by atoms with E-state index < -0.39 is 0 Å². The highest BCUT2D eigenvalue weighted by Gasteiger charge is 2.15. The topological polar surface area (TPSA) is 72.0 Å². The zero-order valence-electron chi connectivity index (χ0n) is 11.7. The number of benzene rings is 1. The van der Waals surface area contributed by atoms with Crippen molar-refractivity contribution < 1.29 is 4.74 Å². The van der Waals surface area contributed by atoms with Crippen LogP contribution in [-0.2, 0) is 4.74 Å². The lowest BCUT2D eigenvalue weighted by Gasteiger charge is -2.11. The molecule has 2 aromatic rings. The summed E-state index contributed by atoms with van der Waals surface area (Å²) in [4.78, 5) is 4.35. The summed E-state index contributed by atoms with van der Waals surface area (Å²) in [6, 6.07) is 5.20. The lowest BCUT2D eigenvalue weighted by atomic mass is 10.2. The van der Waals surface area contributed by atoms with Crippen molar-refractivity contribution in [2.75, 3.05) is 23.8 Å². The van der Waals surface area contributed by atoms with E-state index >= 15 is 0 Å². The highest BCUT2D eigenvalue weighted by Crippen LogP contribution is 2.27. The van der Waals surface area contributed by atoms with Crippen LogP contribution >= 0.6 is 23.2 Å². The third-order valence-electron chi connectivity index (χ3n) is 3.26. The number of hydrogen-bond acceptors (Lipinski definition) is 6. The number of rotatable bonds is 5. The highest BCUT2D eigenvalue weighted by molar-refractivity contribution is 6.36. The van der Waals surface area contributed by atoms with Crippen LogP contribution in [0.1, 0.15) is 12.8 Å². The molecular formula is C14H15Cl2N5O. The van der Waals surface area contributed by atoms with Crippen LogP contribution in [-0.4, -0.2) is 34.4 Å². The molecule has 1 aliphatic heterocycles. The molecule has 8 heteroatoms. The summed E-state index contributed by atoms with van der Waals surface area (Å²) >= 11 is 12.0. The summed E-state index contributed by atoms with van der Waals surface area (Å²) in [5, 5.41) is 15.2. The monoisotopic (exact) mass is 339 g/mol. The molecule has 2 heterocycles. The van der Waals surface area contributed by atoms with Crippen molar-refractivity contribution in [3.8, 4) is 0 Å². The third-order valence-corrected chi connectivity index (χ3v) is 3.81. The Labute approximate surface area is 138 Å². The lowest BCUT2D eigenvalue weighted by molar-refractivity contribution is 0.120. The molecule has 1 aromatic carbocycles. The smallest absolute Gasteiger partial charge is 0.244 e. The van der Waals surface area contributed by atoms with Gasteiger partial charge in [-0.25, -0.2) is 0 Å². The van der Waals surface area contributed by atoms with E-state index in [2.05, 4.69) is 25.8 Å². The van der Waals surface area contributed by atoms with Crippen molar-refractivity contribution in [3.05, 3.63) is 34.4 Å². The van der Waals surface area contributed by atoms with Crippen LogP contribution in [0.4, 0.5) is 17.5 Å². The van der Waals surface area contributed by atoms with E-state index in [9.17, 15) is 0 Å². The van der Waals surface area contributed by atoms with Gasteiger partial charge >= 0.3 is 0 Å². The Bertz CT molecular complexity index is 649. The number of aromatic nitrogens is 3. The Morgan fingerprint density at radius 1 is 1.32 bits per heavy atom. The molecule has 3 rings (SSSR count). The molecule has 1 aromatic heterocycles. The summed E-state index contributed by atoms with van der Waals surface area (Å²) in [6.07, 6.45) is 3.90. The van der Waals surface area contributed by atoms with Gasteiger partial charge < -0.3 is 15.4 Å². The Balaban J connectivity index is 1.65. The minimum Gasteiger partial charge on any atom is -0.376 e. The second-order valence-electron chi connectivity index (χ2n) is 4.93. The number of nitrogens with one attached hydrogen (secondary N) is 2. The van der Waals surface area contributed by atoms with E-state index in [1.54, 1.807) is 18.2 Å². The van der Waals surface area contributed by atoms with E-state index in [-0.39, 0.29) is 6.10 Å². The standard InChI is InChI=1S/C14H15Cl2N5O/c15-9-3-4-12(11(16)6-9)19-13-8-18-21-14(20-13)17-7-10-2-1-5-22-10/h3-4,6,8,10H,1-2,5,7H2,(H2,17,19,20,21). The minimum atomic E-state index is 0.214. The van der Waals surface area contributed by atoms with Gasteiger partial charge in [-0.2, -0.15) is 10.1 Å². The molecule has 1 saturated heterocycles. The van der Waals surface area contributed by atoms with Gasteiger partial charge in [-0.15, -0.1) is 5.10 Å². The van der Waals surface area contributed by atoms with Crippen LogP contribution in [0, 0.1) is 0 Å². The fraction of sp³-hybridized carbons (Fsp3) is 0.357. The van der Waals surface area contributed by atoms with Crippen LogP contribution in [0.5, 0.6) is 0 Å². The number of nitrogens with zero attached hydrogens (tertiary/aromatic N) is 3. The molecule has 0 amide bonds. The molecule has 116 valence electrons. The van der Waals surface area contributed by atoms with Crippen molar-refractivity contribution >= 4 is 40.7 Å². The van der Waals surface area contributed by atoms with Gasteiger partial charge in [-0.05, 0) is 31.0 Å². The number of ether oxygens (including phenoxy) is 1. The predicted molar refractivity (Wildman–Crippen MR) is 87.0 cm³/mol. The maximum Gasteiger partial charge on any atom is 0.244 e. The largest absolute Gasteiger partial charge is 0.376 e. The van der Waals surface area contributed by atoms with Crippen molar-refractivity contribution in [1.29, 1.82) is 0 Å². The van der Waals surface area contributed by atoms with Gasteiger partial charge in [-0.3, -0.25) is 0 Å². The second kappa shape index (κ2) is 7.09. The molecule has 1 aliphatic rings. The maximum absolute atomic E-state index is 6.12. The van der Waals surface area contributed by atoms with Crippen molar-refractivity contribution in [1.82, 2.24) is 15.2 Å². The average molecular weight is 340 g/mol. The molecule has 0 saturated carbocycles. The van der Waals surface area contributed by atoms with Gasteiger partial charge in [0.05, 0.1) is 23.0 Å². The van der Waals surface area contributed by atoms with Gasteiger partial charge in [0.15, 0.2) is 5.82 Å². The zero-order valence-corrected chi connectivity index (χ0v) is 13.2. The summed E-state index contributed by atoms with van der Waals surface area (Å²) in [5.41, 5.74) is 0.705. The molecule has 22 heavy (non-hydrogen) atoms. The average Bonchev–Trinajstić information content (AvgIpc) is 3.02. The summed E-state index contributed by atoms with van der Waals surface area (Å²) in [7, 11) is 0. The van der Waals surface area contributed by atoms with Crippen LogP contribution in [0.3, 0.4) is 0 Å². The number of hydrogen-bond donors (Lipinski definition) is 2. The molecule has 0 bridgehead atoms. The molecule has 0 radical (unpaired) electrons. The van der Waals surface area contributed by atoms with Crippen molar-refractivity contribution in [2.45, 2.75) is 18.9 Å². The first-order valence-electron chi connectivity index (χ1n) is 6.98. The van der Waals surface area contributed by atoms with Crippen LogP contribution in [0.25, 0.3) is 0 Å². The highest BCUT2D eigenvalue weighted by atomic mass is 35.5. The van der Waals surface area contributed by atoms with Crippen LogP contribution in [0.15, 0.2) is 24.4 Å². The maximum atomic E-state index is 6.12. The van der Waals surface area contributed by atoms with Gasteiger partial charge in [0, 0.05) is 18.2 Å². The van der Waals surface area contributed by atoms with E-state index in [4.69, 9.17) is 27.9 Å². The molecule has 1 unspecified atom stereocenters. The van der Waals surface area contributed by atoms with Gasteiger partial charge in [0.25, 0.3) is 0 Å². The SMILES string of the molecule is Clc1ccc(Nc2cnnc(NCC3CCCO3)n2)c(Cl)c1. The van der Waals surface area contributed by atoms with Gasteiger partial charge in [-0.1, -0.05) is 23.2 Å². The fourth-order valence-electron chi connectivity index (χ4n) is 2.18. The van der Waals surface area contributed by atoms with Crippen molar-refractivity contribution in [3.63, 3.8) is 0 Å². The molecule has 0 aliphatic carbocycles. The van der Waals surface area contributed by atoms with E-state index in [0.717, 1.165) is 19.4 Å². The zero-order chi connectivity index (χ0) is 15.4. The first-order chi connectivity index (χ1) is 10.7. The predicted octanol–water partition coefficient (Wildman–Crippen LogP) is 3.51. The molecule has 1 atom stereocenters. The molecule has 6 nitrogen and oxygen atoms in total. The normalized spacial score (nSPS) is 17.5.